The van der Waals surface area contributed by atoms with Crippen molar-refractivity contribution in [3.05, 3.63) is 17.2 Å². The van der Waals surface area contributed by atoms with Crippen LogP contribution < -0.4 is 5.73 Å². The highest BCUT2D eigenvalue weighted by Crippen LogP contribution is 2.36. The van der Waals surface area contributed by atoms with E-state index >= 15 is 0 Å². The molecule has 1 aromatic carbocycles. The van der Waals surface area contributed by atoms with Crippen LogP contribution in [0.2, 0.25) is 0 Å². The zero-order chi connectivity index (χ0) is 13.7. The van der Waals surface area contributed by atoms with Crippen molar-refractivity contribution in [1.82, 2.24) is 0 Å². The van der Waals surface area contributed by atoms with Crippen LogP contribution in [0.3, 0.4) is 0 Å². The smallest absolute Gasteiger partial charge is 0.296 e. The molecule has 1 aliphatic carbocycles. The molecule has 0 saturated carbocycles. The Morgan fingerprint density at radius 3 is 1.94 bits per heavy atom. The van der Waals surface area contributed by atoms with Gasteiger partial charge in [0.1, 0.15) is 4.90 Å². The Balaban J connectivity index is 2.91. The van der Waals surface area contributed by atoms with E-state index < -0.39 is 30.0 Å². The van der Waals surface area contributed by atoms with Gasteiger partial charge < -0.3 is 5.73 Å². The molecule has 9 heteroatoms. The fraction of sp³-hybridized carbons (Fsp3) is 0.333. The lowest BCUT2D eigenvalue weighted by Crippen LogP contribution is -2.11. The zero-order valence-electron chi connectivity index (χ0n) is 9.12. The number of benzene rings is 1. The van der Waals surface area contributed by atoms with E-state index in [2.05, 4.69) is 0 Å². The summed E-state index contributed by atoms with van der Waals surface area (Å²) in [6.07, 6.45) is 1.41. The summed E-state index contributed by atoms with van der Waals surface area (Å²) < 4.78 is 62.8. The summed E-state index contributed by atoms with van der Waals surface area (Å²) in [7, 11) is -9.20. The molecule has 0 aromatic heterocycles. The highest BCUT2D eigenvalue weighted by Gasteiger charge is 2.29. The molecule has 0 saturated heterocycles. The number of hydrogen-bond donors (Lipinski definition) is 3. The molecule has 0 aliphatic heterocycles. The van der Waals surface area contributed by atoms with Gasteiger partial charge in [-0.2, -0.15) is 16.8 Å². The molecule has 0 amide bonds. The van der Waals surface area contributed by atoms with Crippen LogP contribution >= 0.6 is 0 Å². The van der Waals surface area contributed by atoms with Crippen LogP contribution in [-0.2, 0) is 33.1 Å². The van der Waals surface area contributed by atoms with Crippen LogP contribution in [0.5, 0.6) is 0 Å². The third kappa shape index (κ3) is 2.09. The van der Waals surface area contributed by atoms with E-state index in [1.165, 1.54) is 0 Å². The summed E-state index contributed by atoms with van der Waals surface area (Å²) in [5.74, 6) is 0. The van der Waals surface area contributed by atoms with Crippen molar-refractivity contribution in [3.8, 4) is 0 Å². The highest BCUT2D eigenvalue weighted by molar-refractivity contribution is 7.86. The number of fused-ring (bicyclic) bond motifs is 1. The number of nitrogen functional groups attached to an aromatic ring is 1. The minimum atomic E-state index is -4.64. The maximum absolute atomic E-state index is 11.2. The van der Waals surface area contributed by atoms with Crippen molar-refractivity contribution in [2.45, 2.75) is 29.1 Å². The second-order valence-corrected chi connectivity index (χ2v) is 6.83. The molecule has 18 heavy (non-hydrogen) atoms. The normalized spacial score (nSPS) is 15.7. The fourth-order valence-corrected chi connectivity index (χ4v) is 3.73. The van der Waals surface area contributed by atoms with E-state index in [1.54, 1.807) is 0 Å². The van der Waals surface area contributed by atoms with Gasteiger partial charge in [0.15, 0.2) is 0 Å². The van der Waals surface area contributed by atoms with Crippen LogP contribution in [0.15, 0.2) is 15.9 Å². The molecule has 0 heterocycles. The van der Waals surface area contributed by atoms with E-state index in [0.29, 0.717) is 36.5 Å². The van der Waals surface area contributed by atoms with E-state index in [1.807, 2.05) is 0 Å². The molecule has 2 rings (SSSR count). The van der Waals surface area contributed by atoms with Crippen LogP contribution in [0.4, 0.5) is 5.69 Å². The van der Waals surface area contributed by atoms with Gasteiger partial charge in [0, 0.05) is 0 Å². The van der Waals surface area contributed by atoms with Gasteiger partial charge in [0.25, 0.3) is 20.2 Å². The number of anilines is 1. The number of hydrogen-bond acceptors (Lipinski definition) is 5. The van der Waals surface area contributed by atoms with Crippen molar-refractivity contribution < 1.29 is 25.9 Å². The van der Waals surface area contributed by atoms with Crippen LogP contribution in [0, 0.1) is 0 Å². The Labute approximate surface area is 104 Å². The molecule has 0 atom stereocenters. The Morgan fingerprint density at radius 2 is 1.44 bits per heavy atom. The van der Waals surface area contributed by atoms with Gasteiger partial charge in [-0.25, -0.2) is 0 Å². The molecule has 0 bridgehead atoms. The number of rotatable bonds is 2. The molecule has 0 radical (unpaired) electrons. The van der Waals surface area contributed by atoms with E-state index in [0.717, 1.165) is 0 Å². The molecule has 1 aliphatic rings. The summed E-state index contributed by atoms with van der Waals surface area (Å²) in [6.45, 7) is 0. The summed E-state index contributed by atoms with van der Waals surface area (Å²) >= 11 is 0. The third-order valence-electron chi connectivity index (χ3n) is 2.92. The highest BCUT2D eigenvalue weighted by atomic mass is 32.2. The summed E-state index contributed by atoms with van der Waals surface area (Å²) in [4.78, 5) is -1.19. The number of nitrogens with two attached hydrogens (primary N) is 1. The van der Waals surface area contributed by atoms with Gasteiger partial charge in [-0.15, -0.1) is 0 Å². The SMILES string of the molecule is Nc1c(S(=O)(=O)O)cc(S(=O)(=O)O)c2c1CCC2. The van der Waals surface area contributed by atoms with Crippen LogP contribution in [0.1, 0.15) is 17.5 Å². The van der Waals surface area contributed by atoms with Gasteiger partial charge in [-0.1, -0.05) is 0 Å². The van der Waals surface area contributed by atoms with Crippen molar-refractivity contribution in [2.24, 2.45) is 0 Å². The quantitative estimate of drug-likeness (QED) is 0.525. The minimum Gasteiger partial charge on any atom is -0.397 e. The van der Waals surface area contributed by atoms with E-state index in [4.69, 9.17) is 14.8 Å². The third-order valence-corrected chi connectivity index (χ3v) is 4.74. The lowest BCUT2D eigenvalue weighted by atomic mass is 10.1. The summed E-state index contributed by atoms with van der Waals surface area (Å²) in [6, 6.07) is 0.699. The van der Waals surface area contributed by atoms with E-state index in [-0.39, 0.29) is 5.69 Å². The lowest BCUT2D eigenvalue weighted by molar-refractivity contribution is 0.480. The van der Waals surface area contributed by atoms with Crippen molar-refractivity contribution in [2.75, 3.05) is 5.73 Å². The molecular weight excluding hydrogens is 282 g/mol. The van der Waals surface area contributed by atoms with Crippen molar-refractivity contribution in [1.29, 1.82) is 0 Å². The molecule has 1 aromatic rings. The first-order chi connectivity index (χ1) is 8.12. The second kappa shape index (κ2) is 3.92. The van der Waals surface area contributed by atoms with Gasteiger partial charge in [-0.05, 0) is 36.5 Å². The topological polar surface area (TPSA) is 135 Å². The fourth-order valence-electron chi connectivity index (χ4n) is 2.19. The average molecular weight is 293 g/mol. The first-order valence-electron chi connectivity index (χ1n) is 5.01. The van der Waals surface area contributed by atoms with Crippen LogP contribution in [-0.4, -0.2) is 25.9 Å². The van der Waals surface area contributed by atoms with Crippen LogP contribution in [0.25, 0.3) is 0 Å². The predicted molar refractivity (Wildman–Crippen MR) is 62.5 cm³/mol. The maximum atomic E-state index is 11.2. The molecule has 0 spiro atoms. The predicted octanol–water partition coefficient (Wildman–Crippen LogP) is 0.251. The first kappa shape index (κ1) is 13.3. The minimum absolute atomic E-state index is 0.155. The Morgan fingerprint density at radius 1 is 0.944 bits per heavy atom. The Bertz CT molecular complexity index is 720. The van der Waals surface area contributed by atoms with Gasteiger partial charge in [0.05, 0.1) is 10.6 Å². The summed E-state index contributed by atoms with van der Waals surface area (Å²) in [5, 5.41) is 0. The van der Waals surface area contributed by atoms with Gasteiger partial charge in [-0.3, -0.25) is 9.11 Å². The van der Waals surface area contributed by atoms with Crippen molar-refractivity contribution in [3.63, 3.8) is 0 Å². The van der Waals surface area contributed by atoms with Gasteiger partial charge >= 0.3 is 0 Å². The average Bonchev–Trinajstić information content (AvgIpc) is 2.62. The first-order valence-corrected chi connectivity index (χ1v) is 7.89. The Hall–Kier alpha value is -1.16. The molecule has 7 nitrogen and oxygen atoms in total. The van der Waals surface area contributed by atoms with Gasteiger partial charge in [0.2, 0.25) is 0 Å². The second-order valence-electron chi connectivity index (χ2n) is 4.05. The molecule has 4 N–H and O–H groups in total. The van der Waals surface area contributed by atoms with E-state index in [9.17, 15) is 16.8 Å². The maximum Gasteiger partial charge on any atom is 0.296 e. The lowest BCUT2D eigenvalue weighted by Gasteiger charge is -2.12. The molecule has 100 valence electrons. The van der Waals surface area contributed by atoms with Crippen molar-refractivity contribution >= 4 is 25.9 Å². The molecular formula is C9H11NO6S2. The monoisotopic (exact) mass is 293 g/mol. The molecule has 0 fully saturated rings. The summed E-state index contributed by atoms with van der Waals surface area (Å²) in [5.41, 5.74) is 6.14. The largest absolute Gasteiger partial charge is 0.397 e. The zero-order valence-corrected chi connectivity index (χ0v) is 10.8. The Kier molecular flexibility index (Phi) is 2.89. The molecule has 0 unspecified atom stereocenters. The standard InChI is InChI=1S/C9H11NO6S2/c10-9-6-3-1-2-5(6)7(17(11,12)13)4-8(9)18(14,15)16/h4H,1-3,10H2,(H,11,12,13)(H,14,15,16).